The molecule has 0 radical (unpaired) electrons. The number of aromatic nitrogens is 1. The average molecular weight is 553 g/mol. The molecule has 4 aromatic rings. The Morgan fingerprint density at radius 1 is 0.976 bits per heavy atom. The van der Waals surface area contributed by atoms with Crippen LogP contribution in [0, 0.1) is 0 Å². The van der Waals surface area contributed by atoms with E-state index in [1.807, 2.05) is 55.6 Å². The molecular formula is C34H36N2O5. The van der Waals surface area contributed by atoms with Gasteiger partial charge in [0.15, 0.2) is 0 Å². The number of H-pyrrole nitrogens is 1. The normalized spacial score (nSPS) is 16.9. The highest BCUT2D eigenvalue weighted by Crippen LogP contribution is 2.40. The molecule has 0 spiro atoms. The number of methoxy groups -OCH3 is 1. The van der Waals surface area contributed by atoms with E-state index < -0.39 is 17.7 Å². The lowest BCUT2D eigenvalue weighted by Crippen LogP contribution is -2.31. The Kier molecular flexibility index (Phi) is 7.63. The first-order valence-electron chi connectivity index (χ1n) is 13.9. The highest BCUT2D eigenvalue weighted by Gasteiger charge is 2.46. The monoisotopic (exact) mass is 552 g/mol. The van der Waals surface area contributed by atoms with Crippen molar-refractivity contribution < 1.29 is 24.2 Å². The molecule has 0 bridgehead atoms. The Bertz CT molecular complexity index is 1610. The summed E-state index contributed by atoms with van der Waals surface area (Å²) < 4.78 is 10.9. The third kappa shape index (κ3) is 5.44. The summed E-state index contributed by atoms with van der Waals surface area (Å²) in [5.41, 5.74) is 4.36. The minimum Gasteiger partial charge on any atom is -0.507 e. The summed E-state index contributed by atoms with van der Waals surface area (Å²) in [6.45, 7) is 9.11. The number of likely N-dealkylation sites (tertiary alicyclic amines) is 1. The number of ketones is 1. The number of aliphatic hydroxyl groups is 1. The predicted molar refractivity (Wildman–Crippen MR) is 160 cm³/mol. The molecule has 1 atom stereocenters. The van der Waals surface area contributed by atoms with Gasteiger partial charge in [0.2, 0.25) is 0 Å². The summed E-state index contributed by atoms with van der Waals surface area (Å²) in [5, 5.41) is 12.4. The number of rotatable bonds is 8. The molecule has 41 heavy (non-hydrogen) atoms. The van der Waals surface area contributed by atoms with Crippen LogP contribution in [0.1, 0.15) is 56.0 Å². The number of aliphatic hydroxyl groups excluding tert-OH is 1. The Balaban J connectivity index is 1.55. The van der Waals surface area contributed by atoms with Crippen LogP contribution in [0.15, 0.2) is 78.5 Å². The molecule has 2 N–H and O–H groups in total. The maximum absolute atomic E-state index is 13.5. The summed E-state index contributed by atoms with van der Waals surface area (Å²) in [5.74, 6) is -0.111. The van der Waals surface area contributed by atoms with E-state index in [-0.39, 0.29) is 16.7 Å². The van der Waals surface area contributed by atoms with Crippen molar-refractivity contribution in [2.75, 3.05) is 20.3 Å². The predicted octanol–water partition coefficient (Wildman–Crippen LogP) is 6.54. The van der Waals surface area contributed by atoms with Crippen LogP contribution in [0.4, 0.5) is 0 Å². The SMILES string of the molecule is CCOc1ccc(C(O)=C2C(=O)C(=O)N(CCc3c[nH]c4ccc(OC)cc34)[C@H]2c2ccc(C(C)(C)C)cc2)cc1. The Morgan fingerprint density at radius 2 is 1.66 bits per heavy atom. The van der Waals surface area contributed by atoms with E-state index in [0.29, 0.717) is 30.9 Å². The van der Waals surface area contributed by atoms with E-state index >= 15 is 0 Å². The first-order valence-corrected chi connectivity index (χ1v) is 13.9. The number of hydrogen-bond donors (Lipinski definition) is 2. The molecule has 1 amide bonds. The van der Waals surface area contributed by atoms with Crippen LogP contribution in [0.3, 0.4) is 0 Å². The minimum absolute atomic E-state index is 0.0565. The smallest absolute Gasteiger partial charge is 0.295 e. The van der Waals surface area contributed by atoms with Crippen LogP contribution >= 0.6 is 0 Å². The van der Waals surface area contributed by atoms with Gasteiger partial charge in [-0.15, -0.1) is 0 Å². The summed E-state index contributed by atoms with van der Waals surface area (Å²) in [6.07, 6.45) is 2.44. The van der Waals surface area contributed by atoms with Crippen molar-refractivity contribution in [3.63, 3.8) is 0 Å². The summed E-state index contributed by atoms with van der Waals surface area (Å²) in [6, 6.07) is 19.9. The Morgan fingerprint density at radius 3 is 2.29 bits per heavy atom. The number of fused-ring (bicyclic) bond motifs is 1. The number of carbonyl (C=O) groups excluding carboxylic acids is 2. The van der Waals surface area contributed by atoms with Gasteiger partial charge in [0.05, 0.1) is 25.3 Å². The van der Waals surface area contributed by atoms with E-state index in [9.17, 15) is 14.7 Å². The molecule has 0 aliphatic carbocycles. The van der Waals surface area contributed by atoms with Crippen molar-refractivity contribution in [3.05, 3.63) is 101 Å². The molecule has 7 nitrogen and oxygen atoms in total. The van der Waals surface area contributed by atoms with Gasteiger partial charge in [0, 0.05) is 29.2 Å². The molecule has 7 heteroatoms. The fourth-order valence-electron chi connectivity index (χ4n) is 5.39. The van der Waals surface area contributed by atoms with Gasteiger partial charge in [0.25, 0.3) is 11.7 Å². The number of nitrogens with zero attached hydrogens (tertiary/aromatic N) is 1. The molecule has 1 fully saturated rings. The van der Waals surface area contributed by atoms with Crippen molar-refractivity contribution in [2.24, 2.45) is 0 Å². The minimum atomic E-state index is -0.727. The second-order valence-electron chi connectivity index (χ2n) is 11.3. The number of amides is 1. The van der Waals surface area contributed by atoms with E-state index in [2.05, 4.69) is 25.8 Å². The quantitative estimate of drug-likeness (QED) is 0.147. The van der Waals surface area contributed by atoms with Crippen LogP contribution in [0.2, 0.25) is 0 Å². The van der Waals surface area contributed by atoms with Gasteiger partial charge < -0.3 is 24.5 Å². The maximum atomic E-state index is 13.5. The van der Waals surface area contributed by atoms with Gasteiger partial charge in [0.1, 0.15) is 17.3 Å². The number of aromatic amines is 1. The largest absolute Gasteiger partial charge is 0.507 e. The second-order valence-corrected chi connectivity index (χ2v) is 11.3. The van der Waals surface area contributed by atoms with E-state index in [4.69, 9.17) is 9.47 Å². The Hall–Kier alpha value is -4.52. The van der Waals surface area contributed by atoms with Gasteiger partial charge in [-0.2, -0.15) is 0 Å². The maximum Gasteiger partial charge on any atom is 0.295 e. The second kappa shape index (κ2) is 11.2. The van der Waals surface area contributed by atoms with Crippen molar-refractivity contribution in [1.29, 1.82) is 0 Å². The molecule has 1 aromatic heterocycles. The Labute approximate surface area is 240 Å². The summed E-state index contributed by atoms with van der Waals surface area (Å²) in [4.78, 5) is 31.9. The number of ether oxygens (including phenoxy) is 2. The highest BCUT2D eigenvalue weighted by molar-refractivity contribution is 6.46. The zero-order chi connectivity index (χ0) is 29.3. The van der Waals surface area contributed by atoms with Crippen LogP contribution in [-0.2, 0) is 21.4 Å². The molecule has 2 heterocycles. The lowest BCUT2D eigenvalue weighted by Gasteiger charge is -2.26. The van der Waals surface area contributed by atoms with Crippen LogP contribution in [-0.4, -0.2) is 46.9 Å². The van der Waals surface area contributed by atoms with Crippen molar-refractivity contribution in [1.82, 2.24) is 9.88 Å². The fraction of sp³-hybridized carbons (Fsp3) is 0.294. The molecule has 5 rings (SSSR count). The lowest BCUT2D eigenvalue weighted by atomic mass is 9.85. The molecule has 1 saturated heterocycles. The highest BCUT2D eigenvalue weighted by atomic mass is 16.5. The molecule has 1 aliphatic heterocycles. The number of nitrogens with one attached hydrogen (secondary N) is 1. The van der Waals surface area contributed by atoms with E-state index in [1.54, 1.807) is 36.3 Å². The zero-order valence-corrected chi connectivity index (χ0v) is 24.2. The molecule has 3 aromatic carbocycles. The number of hydrogen-bond acceptors (Lipinski definition) is 5. The first kappa shape index (κ1) is 28.0. The van der Waals surface area contributed by atoms with Crippen LogP contribution < -0.4 is 9.47 Å². The zero-order valence-electron chi connectivity index (χ0n) is 24.2. The average Bonchev–Trinajstić information content (AvgIpc) is 3.48. The molecular weight excluding hydrogens is 516 g/mol. The third-order valence-corrected chi connectivity index (χ3v) is 7.67. The number of benzene rings is 3. The van der Waals surface area contributed by atoms with Crippen LogP contribution in [0.5, 0.6) is 11.5 Å². The van der Waals surface area contributed by atoms with Crippen molar-refractivity contribution in [3.8, 4) is 11.5 Å². The molecule has 0 unspecified atom stereocenters. The topological polar surface area (TPSA) is 91.9 Å². The van der Waals surface area contributed by atoms with E-state index in [0.717, 1.165) is 33.3 Å². The molecule has 212 valence electrons. The lowest BCUT2D eigenvalue weighted by molar-refractivity contribution is -0.139. The third-order valence-electron chi connectivity index (χ3n) is 7.67. The molecule has 0 saturated carbocycles. The molecule has 1 aliphatic rings. The first-order chi connectivity index (χ1) is 19.6. The fourth-order valence-corrected chi connectivity index (χ4v) is 5.39. The standard InChI is InChI=1S/C34H36N2O5/c1-6-41-25-13-9-22(10-14-25)31(37)29-30(21-7-11-24(12-8-21)34(2,3)4)36(33(39)32(29)38)18-17-23-20-35-28-16-15-26(40-5)19-27(23)28/h7-16,19-20,30,35,37H,6,17-18H2,1-5H3/t30-/m0/s1. The summed E-state index contributed by atoms with van der Waals surface area (Å²) >= 11 is 0. The van der Waals surface area contributed by atoms with Crippen LogP contribution in [0.25, 0.3) is 16.7 Å². The van der Waals surface area contributed by atoms with Gasteiger partial charge in [-0.3, -0.25) is 9.59 Å². The number of Topliss-reactive ketones (excluding diaryl/α,β-unsaturated/α-hetero) is 1. The van der Waals surface area contributed by atoms with Crippen molar-refractivity contribution >= 4 is 28.4 Å². The van der Waals surface area contributed by atoms with Gasteiger partial charge in [-0.25, -0.2) is 0 Å². The van der Waals surface area contributed by atoms with Gasteiger partial charge in [-0.05, 0) is 77.9 Å². The number of carbonyl (C=O) groups is 2. The van der Waals surface area contributed by atoms with Gasteiger partial charge >= 0.3 is 0 Å². The van der Waals surface area contributed by atoms with Gasteiger partial charge in [-0.1, -0.05) is 45.0 Å². The van der Waals surface area contributed by atoms with Crippen molar-refractivity contribution in [2.45, 2.75) is 45.6 Å². The van der Waals surface area contributed by atoms with E-state index in [1.165, 1.54) is 0 Å². The summed E-state index contributed by atoms with van der Waals surface area (Å²) in [7, 11) is 1.63.